The van der Waals surface area contributed by atoms with Crippen LogP contribution in [-0.2, 0) is 10.2 Å². The summed E-state index contributed by atoms with van der Waals surface area (Å²) in [5.74, 6) is 0. The molecular formula is C16H21Cl2NO. The van der Waals surface area contributed by atoms with E-state index in [0.717, 1.165) is 31.1 Å². The van der Waals surface area contributed by atoms with E-state index in [1.165, 1.54) is 0 Å². The van der Waals surface area contributed by atoms with Gasteiger partial charge in [-0.15, -0.1) is 0 Å². The Morgan fingerprint density at radius 3 is 2.30 bits per heavy atom. The van der Waals surface area contributed by atoms with Crippen LogP contribution >= 0.6 is 23.2 Å². The highest BCUT2D eigenvalue weighted by Gasteiger charge is 2.46. The molecule has 1 aromatic carbocycles. The SMILES string of the molecule is CC(C)(C)NC(C=O)C1(c2ccc(Cl)c(Cl)c2)CCC1. The molecule has 0 amide bonds. The Balaban J connectivity index is 2.36. The maximum absolute atomic E-state index is 11.6. The van der Waals surface area contributed by atoms with Gasteiger partial charge in [0, 0.05) is 11.0 Å². The van der Waals surface area contributed by atoms with E-state index in [4.69, 9.17) is 23.2 Å². The van der Waals surface area contributed by atoms with Crippen LogP contribution in [-0.4, -0.2) is 17.9 Å². The van der Waals surface area contributed by atoms with E-state index >= 15 is 0 Å². The van der Waals surface area contributed by atoms with Crippen LogP contribution in [0.1, 0.15) is 45.6 Å². The molecule has 1 saturated carbocycles. The molecule has 1 aliphatic carbocycles. The predicted octanol–water partition coefficient (Wildman–Crippen LogP) is 4.37. The van der Waals surface area contributed by atoms with Gasteiger partial charge in [0.25, 0.3) is 0 Å². The second-order valence-corrected chi connectivity index (χ2v) is 7.46. The van der Waals surface area contributed by atoms with Crippen molar-refractivity contribution in [2.75, 3.05) is 0 Å². The lowest BCUT2D eigenvalue weighted by atomic mass is 9.60. The number of hydrogen-bond acceptors (Lipinski definition) is 2. The summed E-state index contributed by atoms with van der Waals surface area (Å²) < 4.78 is 0. The summed E-state index contributed by atoms with van der Waals surface area (Å²) in [6.45, 7) is 6.22. The minimum Gasteiger partial charge on any atom is -0.302 e. The zero-order valence-electron chi connectivity index (χ0n) is 12.2. The lowest BCUT2D eigenvalue weighted by Crippen LogP contribution is -2.58. The second kappa shape index (κ2) is 5.67. The van der Waals surface area contributed by atoms with E-state index in [-0.39, 0.29) is 17.0 Å². The van der Waals surface area contributed by atoms with Gasteiger partial charge in [-0.1, -0.05) is 35.7 Å². The smallest absolute Gasteiger partial charge is 0.137 e. The first kappa shape index (κ1) is 15.8. The summed E-state index contributed by atoms with van der Waals surface area (Å²) in [6.07, 6.45) is 4.16. The van der Waals surface area contributed by atoms with Crippen LogP contribution in [0.25, 0.3) is 0 Å². The van der Waals surface area contributed by atoms with Crippen molar-refractivity contribution in [2.45, 2.75) is 57.0 Å². The molecule has 0 heterocycles. The van der Waals surface area contributed by atoms with Crippen molar-refractivity contribution in [2.24, 2.45) is 0 Å². The van der Waals surface area contributed by atoms with Gasteiger partial charge in [-0.25, -0.2) is 0 Å². The third kappa shape index (κ3) is 3.03. The zero-order chi connectivity index (χ0) is 15.0. The van der Waals surface area contributed by atoms with Crippen LogP contribution in [0.15, 0.2) is 18.2 Å². The first-order valence-electron chi connectivity index (χ1n) is 6.97. The molecule has 0 bridgehead atoms. The summed E-state index contributed by atoms with van der Waals surface area (Å²) in [6, 6.07) is 5.52. The maximum atomic E-state index is 11.6. The molecule has 0 aliphatic heterocycles. The van der Waals surface area contributed by atoms with Gasteiger partial charge in [-0.2, -0.15) is 0 Å². The molecule has 0 radical (unpaired) electrons. The number of benzene rings is 1. The van der Waals surface area contributed by atoms with Gasteiger partial charge in [-0.3, -0.25) is 0 Å². The summed E-state index contributed by atoms with van der Waals surface area (Å²) in [5, 5.41) is 4.54. The minimum absolute atomic E-state index is 0.107. The number of carbonyl (C=O) groups excluding carboxylic acids is 1. The summed E-state index contributed by atoms with van der Waals surface area (Å²) >= 11 is 12.1. The van der Waals surface area contributed by atoms with Crippen LogP contribution < -0.4 is 5.32 Å². The Kier molecular flexibility index (Phi) is 4.48. The van der Waals surface area contributed by atoms with Crippen molar-refractivity contribution in [3.8, 4) is 0 Å². The van der Waals surface area contributed by atoms with Crippen LogP contribution in [0.3, 0.4) is 0 Å². The van der Waals surface area contributed by atoms with Gasteiger partial charge in [0.15, 0.2) is 0 Å². The Labute approximate surface area is 130 Å². The van der Waals surface area contributed by atoms with Gasteiger partial charge >= 0.3 is 0 Å². The number of hydrogen-bond donors (Lipinski definition) is 1. The fourth-order valence-electron chi connectivity index (χ4n) is 2.91. The minimum atomic E-state index is -0.200. The first-order valence-corrected chi connectivity index (χ1v) is 7.73. The summed E-state index contributed by atoms with van der Waals surface area (Å²) in [7, 11) is 0. The molecule has 2 rings (SSSR count). The molecular weight excluding hydrogens is 293 g/mol. The molecule has 1 aromatic rings. The maximum Gasteiger partial charge on any atom is 0.137 e. The molecule has 110 valence electrons. The van der Waals surface area contributed by atoms with Crippen LogP contribution in [0, 0.1) is 0 Å². The standard InChI is InChI=1S/C16H21Cl2NO/c1-15(2,3)19-14(10-20)16(7-4-8-16)11-5-6-12(17)13(18)9-11/h5-6,9-10,14,19H,4,7-8H2,1-3H3. The normalized spacial score (nSPS) is 19.2. The highest BCUT2D eigenvalue weighted by Crippen LogP contribution is 2.47. The van der Waals surface area contributed by atoms with Gasteiger partial charge in [0.2, 0.25) is 0 Å². The molecule has 0 aromatic heterocycles. The van der Waals surface area contributed by atoms with E-state index in [0.29, 0.717) is 10.0 Å². The Morgan fingerprint density at radius 2 is 1.90 bits per heavy atom. The zero-order valence-corrected chi connectivity index (χ0v) is 13.7. The Bertz CT molecular complexity index is 504. The Hall–Kier alpha value is -0.570. The molecule has 2 nitrogen and oxygen atoms in total. The second-order valence-electron chi connectivity index (χ2n) is 6.65. The lowest BCUT2D eigenvalue weighted by Gasteiger charge is -2.48. The first-order chi connectivity index (χ1) is 9.28. The third-order valence-electron chi connectivity index (χ3n) is 4.06. The number of halogens is 2. The number of carbonyl (C=O) groups is 1. The lowest BCUT2D eigenvalue weighted by molar-refractivity contribution is -0.112. The van der Waals surface area contributed by atoms with Crippen molar-refractivity contribution in [3.05, 3.63) is 33.8 Å². The van der Waals surface area contributed by atoms with Crippen LogP contribution in [0.4, 0.5) is 0 Å². The van der Waals surface area contributed by atoms with Crippen LogP contribution in [0.2, 0.25) is 10.0 Å². The van der Waals surface area contributed by atoms with E-state index in [1.54, 1.807) is 0 Å². The number of rotatable bonds is 4. The average Bonchev–Trinajstić information content (AvgIpc) is 2.29. The molecule has 4 heteroatoms. The highest BCUT2D eigenvalue weighted by atomic mass is 35.5. The number of aldehydes is 1. The fraction of sp³-hybridized carbons (Fsp3) is 0.562. The van der Waals surface area contributed by atoms with Crippen LogP contribution in [0.5, 0.6) is 0 Å². The molecule has 0 saturated heterocycles. The molecule has 1 unspecified atom stereocenters. The number of nitrogens with one attached hydrogen (secondary N) is 1. The third-order valence-corrected chi connectivity index (χ3v) is 4.80. The fourth-order valence-corrected chi connectivity index (χ4v) is 3.21. The van der Waals surface area contributed by atoms with Gasteiger partial charge < -0.3 is 10.1 Å². The molecule has 20 heavy (non-hydrogen) atoms. The van der Waals surface area contributed by atoms with Crippen molar-refractivity contribution in [3.63, 3.8) is 0 Å². The van der Waals surface area contributed by atoms with Gasteiger partial charge in [0.1, 0.15) is 6.29 Å². The van der Waals surface area contributed by atoms with Crippen molar-refractivity contribution in [1.82, 2.24) is 5.32 Å². The largest absolute Gasteiger partial charge is 0.302 e. The van der Waals surface area contributed by atoms with E-state index in [9.17, 15) is 4.79 Å². The van der Waals surface area contributed by atoms with Crippen molar-refractivity contribution in [1.29, 1.82) is 0 Å². The van der Waals surface area contributed by atoms with Gasteiger partial charge in [-0.05, 0) is 51.3 Å². The predicted molar refractivity (Wildman–Crippen MR) is 84.7 cm³/mol. The topological polar surface area (TPSA) is 29.1 Å². The van der Waals surface area contributed by atoms with Gasteiger partial charge in [0.05, 0.1) is 16.1 Å². The summed E-state index contributed by atoms with van der Waals surface area (Å²) in [4.78, 5) is 11.6. The van der Waals surface area contributed by atoms with Crippen molar-refractivity contribution >= 4 is 29.5 Å². The Morgan fingerprint density at radius 1 is 1.25 bits per heavy atom. The highest BCUT2D eigenvalue weighted by molar-refractivity contribution is 6.42. The van der Waals surface area contributed by atoms with E-state index < -0.39 is 0 Å². The van der Waals surface area contributed by atoms with E-state index in [1.807, 2.05) is 18.2 Å². The average molecular weight is 314 g/mol. The summed E-state index contributed by atoms with van der Waals surface area (Å²) in [5.41, 5.74) is 0.847. The van der Waals surface area contributed by atoms with Crippen molar-refractivity contribution < 1.29 is 4.79 Å². The monoisotopic (exact) mass is 313 g/mol. The molecule has 1 fully saturated rings. The quantitative estimate of drug-likeness (QED) is 0.836. The van der Waals surface area contributed by atoms with E-state index in [2.05, 4.69) is 26.1 Å². The molecule has 1 aliphatic rings. The molecule has 1 N–H and O–H groups in total. The molecule has 1 atom stereocenters. The molecule has 0 spiro atoms.